The van der Waals surface area contributed by atoms with E-state index in [1.54, 1.807) is 6.20 Å². The van der Waals surface area contributed by atoms with Gasteiger partial charge in [0.05, 0.1) is 6.33 Å². The molecule has 0 unspecified atom stereocenters. The van der Waals surface area contributed by atoms with Crippen LogP contribution in [0.25, 0.3) is 17.3 Å². The molecular formula is C21H24Cl3N5O. The zero-order valence-corrected chi connectivity index (χ0v) is 19.0. The van der Waals surface area contributed by atoms with E-state index in [2.05, 4.69) is 14.5 Å². The third-order valence-electron chi connectivity index (χ3n) is 4.71. The van der Waals surface area contributed by atoms with Crippen molar-refractivity contribution in [3.63, 3.8) is 0 Å². The van der Waals surface area contributed by atoms with Crippen LogP contribution < -0.4 is 0 Å². The lowest BCUT2D eigenvalue weighted by atomic mass is 10.1. The highest BCUT2D eigenvalue weighted by Gasteiger charge is 2.17. The maximum atomic E-state index is 6.14. The van der Waals surface area contributed by atoms with Gasteiger partial charge in [-0.3, -0.25) is 4.57 Å². The van der Waals surface area contributed by atoms with E-state index in [0.29, 0.717) is 11.0 Å². The molecule has 1 aromatic carbocycles. The molecule has 4 rings (SSSR count). The Hall–Kier alpha value is -2.28. The smallest absolute Gasteiger partial charge is 0.307 e. The zero-order valence-electron chi connectivity index (χ0n) is 16.6. The second-order valence-corrected chi connectivity index (χ2v) is 7.17. The average molecular weight is 469 g/mol. The van der Waals surface area contributed by atoms with Gasteiger partial charge in [0.1, 0.15) is 17.3 Å². The molecule has 160 valence electrons. The Balaban J connectivity index is 0.00000160. The number of aryl methyl sites for hydroxylation is 3. The SMILES string of the molecule is Cc1nccn1-c1nc(-c2ccc(Cl)cc2)c(CCCCCn2ccnc2)o1.Cl.Cl. The van der Waals surface area contributed by atoms with Crippen LogP contribution in [0.15, 0.2) is 59.8 Å². The molecule has 0 aliphatic rings. The van der Waals surface area contributed by atoms with Gasteiger partial charge in [0.25, 0.3) is 0 Å². The van der Waals surface area contributed by atoms with Crippen LogP contribution in [0.2, 0.25) is 5.02 Å². The van der Waals surface area contributed by atoms with Gasteiger partial charge in [-0.2, -0.15) is 4.98 Å². The first-order chi connectivity index (χ1) is 13.7. The topological polar surface area (TPSA) is 61.7 Å². The molecule has 0 aliphatic heterocycles. The van der Waals surface area contributed by atoms with Crippen LogP contribution >= 0.6 is 36.4 Å². The Labute approximate surface area is 193 Å². The van der Waals surface area contributed by atoms with E-state index in [4.69, 9.17) is 21.0 Å². The van der Waals surface area contributed by atoms with Crippen molar-refractivity contribution < 1.29 is 4.42 Å². The molecule has 3 heterocycles. The van der Waals surface area contributed by atoms with Crippen LogP contribution in [0, 0.1) is 6.92 Å². The van der Waals surface area contributed by atoms with Crippen LogP contribution in [-0.4, -0.2) is 24.1 Å². The summed E-state index contributed by atoms with van der Waals surface area (Å²) in [5.41, 5.74) is 1.87. The summed E-state index contributed by atoms with van der Waals surface area (Å²) in [5, 5.41) is 0.707. The largest absolute Gasteiger partial charge is 0.427 e. The quantitative estimate of drug-likeness (QED) is 0.300. The van der Waals surface area contributed by atoms with E-state index in [0.717, 1.165) is 55.1 Å². The summed E-state index contributed by atoms with van der Waals surface area (Å²) in [6.45, 7) is 2.92. The van der Waals surface area contributed by atoms with Gasteiger partial charge >= 0.3 is 6.01 Å². The molecule has 0 N–H and O–H groups in total. The minimum absolute atomic E-state index is 0. The highest BCUT2D eigenvalue weighted by Crippen LogP contribution is 2.28. The standard InChI is InChI=1S/C21H22ClN5O.2ClH/c1-16-24-11-14-27(16)21-25-20(17-6-8-18(22)9-7-17)19(28-21)5-3-2-4-12-26-13-10-23-15-26;;/h6-11,13-15H,2-5,12H2,1H3;2*1H. The summed E-state index contributed by atoms with van der Waals surface area (Å²) in [6.07, 6.45) is 13.4. The zero-order chi connectivity index (χ0) is 19.3. The molecule has 0 bridgehead atoms. The number of nitrogens with zero attached hydrogens (tertiary/aromatic N) is 5. The minimum Gasteiger partial charge on any atom is -0.427 e. The van der Waals surface area contributed by atoms with E-state index in [9.17, 15) is 0 Å². The Kier molecular flexibility index (Phi) is 8.96. The molecule has 3 aromatic heterocycles. The Morgan fingerprint density at radius 3 is 2.47 bits per heavy atom. The molecule has 0 amide bonds. The van der Waals surface area contributed by atoms with Crippen molar-refractivity contribution in [1.29, 1.82) is 0 Å². The predicted octanol–water partition coefficient (Wildman–Crippen LogP) is 5.94. The number of hydrogen-bond donors (Lipinski definition) is 0. The molecule has 0 fully saturated rings. The molecule has 30 heavy (non-hydrogen) atoms. The number of oxazole rings is 1. The average Bonchev–Trinajstić information content (AvgIpc) is 3.43. The second kappa shape index (κ2) is 11.2. The molecule has 4 aromatic rings. The maximum Gasteiger partial charge on any atom is 0.307 e. The summed E-state index contributed by atoms with van der Waals surface area (Å²) in [4.78, 5) is 13.1. The second-order valence-electron chi connectivity index (χ2n) is 6.73. The molecule has 9 heteroatoms. The first kappa shape index (κ1) is 24.0. The van der Waals surface area contributed by atoms with Gasteiger partial charge in [-0.15, -0.1) is 24.8 Å². The highest BCUT2D eigenvalue weighted by atomic mass is 35.5. The van der Waals surface area contributed by atoms with Crippen molar-refractivity contribution in [1.82, 2.24) is 24.1 Å². The number of benzene rings is 1. The molecule has 0 spiro atoms. The molecule has 0 aliphatic carbocycles. The first-order valence-corrected chi connectivity index (χ1v) is 9.80. The van der Waals surface area contributed by atoms with Gasteiger partial charge in [-0.05, 0) is 31.9 Å². The van der Waals surface area contributed by atoms with Crippen molar-refractivity contribution in [2.24, 2.45) is 0 Å². The Morgan fingerprint density at radius 2 is 1.80 bits per heavy atom. The number of aromatic nitrogens is 5. The van der Waals surface area contributed by atoms with Crippen LogP contribution in [-0.2, 0) is 13.0 Å². The minimum atomic E-state index is 0. The lowest BCUT2D eigenvalue weighted by molar-refractivity contribution is 0.467. The van der Waals surface area contributed by atoms with Gasteiger partial charge < -0.3 is 8.98 Å². The predicted molar refractivity (Wildman–Crippen MR) is 123 cm³/mol. The number of unbranched alkanes of at least 4 members (excludes halogenated alkanes) is 2. The van der Waals surface area contributed by atoms with Crippen LogP contribution in [0.4, 0.5) is 0 Å². The third kappa shape index (κ3) is 5.65. The lowest BCUT2D eigenvalue weighted by Crippen LogP contribution is -1.95. The van der Waals surface area contributed by atoms with Crippen molar-refractivity contribution in [2.45, 2.75) is 39.2 Å². The highest BCUT2D eigenvalue weighted by molar-refractivity contribution is 6.30. The van der Waals surface area contributed by atoms with Crippen LogP contribution in [0.5, 0.6) is 0 Å². The van der Waals surface area contributed by atoms with E-state index >= 15 is 0 Å². The lowest BCUT2D eigenvalue weighted by Gasteiger charge is -2.03. The first-order valence-electron chi connectivity index (χ1n) is 9.42. The number of imidazole rings is 2. The molecule has 0 radical (unpaired) electrons. The van der Waals surface area contributed by atoms with E-state index in [1.807, 2.05) is 60.7 Å². The normalized spacial score (nSPS) is 10.5. The fourth-order valence-corrected chi connectivity index (χ4v) is 3.33. The summed E-state index contributed by atoms with van der Waals surface area (Å²) < 4.78 is 10.1. The fourth-order valence-electron chi connectivity index (χ4n) is 3.20. The summed E-state index contributed by atoms with van der Waals surface area (Å²) in [5.74, 6) is 1.74. The summed E-state index contributed by atoms with van der Waals surface area (Å²) in [7, 11) is 0. The Morgan fingerprint density at radius 1 is 1.00 bits per heavy atom. The van der Waals surface area contributed by atoms with Gasteiger partial charge in [-0.25, -0.2) is 9.97 Å². The molecule has 0 saturated carbocycles. The van der Waals surface area contributed by atoms with Crippen LogP contribution in [0.1, 0.15) is 30.8 Å². The maximum absolute atomic E-state index is 6.14. The van der Waals surface area contributed by atoms with Gasteiger partial charge in [0.2, 0.25) is 0 Å². The van der Waals surface area contributed by atoms with Crippen LogP contribution in [0.3, 0.4) is 0 Å². The van der Waals surface area contributed by atoms with Crippen molar-refractivity contribution in [2.75, 3.05) is 0 Å². The monoisotopic (exact) mass is 467 g/mol. The molecule has 0 atom stereocenters. The van der Waals surface area contributed by atoms with E-state index < -0.39 is 0 Å². The molecule has 6 nitrogen and oxygen atoms in total. The summed E-state index contributed by atoms with van der Waals surface area (Å²) in [6, 6.07) is 8.26. The van der Waals surface area contributed by atoms with Gasteiger partial charge in [0.15, 0.2) is 0 Å². The third-order valence-corrected chi connectivity index (χ3v) is 4.97. The molecule has 0 saturated heterocycles. The van der Waals surface area contributed by atoms with E-state index in [-0.39, 0.29) is 24.8 Å². The fraction of sp³-hybridized carbons (Fsp3) is 0.286. The molecular weight excluding hydrogens is 445 g/mol. The van der Waals surface area contributed by atoms with Crippen molar-refractivity contribution >= 4 is 36.4 Å². The summed E-state index contributed by atoms with van der Waals surface area (Å²) >= 11 is 6.04. The van der Waals surface area contributed by atoms with Crippen molar-refractivity contribution in [3.05, 3.63) is 72.0 Å². The van der Waals surface area contributed by atoms with E-state index in [1.165, 1.54) is 0 Å². The number of hydrogen-bond acceptors (Lipinski definition) is 4. The number of halogens is 3. The Bertz CT molecular complexity index is 1030. The number of rotatable bonds is 8. The van der Waals surface area contributed by atoms with Gasteiger partial charge in [0, 0.05) is 48.3 Å². The van der Waals surface area contributed by atoms with Gasteiger partial charge in [-0.1, -0.05) is 30.2 Å². The van der Waals surface area contributed by atoms with Crippen molar-refractivity contribution in [3.8, 4) is 17.3 Å².